The van der Waals surface area contributed by atoms with Crippen LogP contribution in [0.25, 0.3) is 6.08 Å². The fourth-order valence-electron chi connectivity index (χ4n) is 2.71. The molecular formula is C22H21NO3. The highest BCUT2D eigenvalue weighted by atomic mass is 16.5. The summed E-state index contributed by atoms with van der Waals surface area (Å²) in [7, 11) is 0. The van der Waals surface area contributed by atoms with Gasteiger partial charge < -0.3 is 9.84 Å². The second-order valence-corrected chi connectivity index (χ2v) is 6.12. The number of allylic oxidation sites excluding steroid dienone is 1. The zero-order valence-corrected chi connectivity index (χ0v) is 14.5. The molecule has 3 rings (SSSR count). The highest BCUT2D eigenvalue weighted by Crippen LogP contribution is 2.09. The molecule has 1 fully saturated rings. The van der Waals surface area contributed by atoms with E-state index in [0.29, 0.717) is 0 Å². The largest absolute Gasteiger partial charge is 0.478 e. The van der Waals surface area contributed by atoms with Crippen molar-refractivity contribution in [3.05, 3.63) is 76.9 Å². The molecule has 4 nitrogen and oxygen atoms in total. The molecule has 0 aliphatic carbocycles. The predicted molar refractivity (Wildman–Crippen MR) is 102 cm³/mol. The number of nitrogens with zero attached hydrogens (tertiary/aromatic N) is 1. The summed E-state index contributed by atoms with van der Waals surface area (Å²) in [5.74, 6) is 5.21. The Balaban J connectivity index is 1.54. The molecule has 0 aromatic heterocycles. The van der Waals surface area contributed by atoms with Crippen LogP contribution in [0.15, 0.2) is 54.6 Å². The minimum Gasteiger partial charge on any atom is -0.478 e. The molecule has 2 aromatic carbocycles. The third kappa shape index (κ3) is 5.32. The highest BCUT2D eigenvalue weighted by Gasteiger charge is 2.10. The van der Waals surface area contributed by atoms with Crippen LogP contribution in [0.3, 0.4) is 0 Å². The van der Waals surface area contributed by atoms with Crippen LogP contribution in [-0.2, 0) is 11.3 Å². The SMILES string of the molecule is O=C(O)c1ccc(/C=C/C#Cc2ccc(CN3CCOCC3)cc2)cc1. The van der Waals surface area contributed by atoms with Crippen LogP contribution < -0.4 is 0 Å². The van der Waals surface area contributed by atoms with Gasteiger partial charge >= 0.3 is 5.97 Å². The Bertz CT molecular complexity index is 820. The van der Waals surface area contributed by atoms with E-state index in [4.69, 9.17) is 9.84 Å². The summed E-state index contributed by atoms with van der Waals surface area (Å²) < 4.78 is 5.37. The average molecular weight is 347 g/mol. The van der Waals surface area contributed by atoms with Gasteiger partial charge in [-0.2, -0.15) is 0 Å². The van der Waals surface area contributed by atoms with E-state index in [1.54, 1.807) is 30.3 Å². The van der Waals surface area contributed by atoms with E-state index in [-0.39, 0.29) is 5.56 Å². The van der Waals surface area contributed by atoms with Gasteiger partial charge in [-0.05, 0) is 47.5 Å². The summed E-state index contributed by atoms with van der Waals surface area (Å²) in [6.45, 7) is 4.55. The van der Waals surface area contributed by atoms with Gasteiger partial charge in [0.25, 0.3) is 0 Å². The van der Waals surface area contributed by atoms with Crippen molar-refractivity contribution < 1.29 is 14.6 Å². The van der Waals surface area contributed by atoms with E-state index in [9.17, 15) is 4.79 Å². The van der Waals surface area contributed by atoms with Gasteiger partial charge in [0.1, 0.15) is 0 Å². The second kappa shape index (κ2) is 9.00. The van der Waals surface area contributed by atoms with Crippen molar-refractivity contribution in [3.8, 4) is 11.8 Å². The van der Waals surface area contributed by atoms with Gasteiger partial charge in [0.05, 0.1) is 18.8 Å². The number of aromatic carboxylic acids is 1. The fraction of sp³-hybridized carbons (Fsp3) is 0.227. The molecule has 0 bridgehead atoms. The number of carboxylic acid groups (broad SMARTS) is 1. The lowest BCUT2D eigenvalue weighted by atomic mass is 10.1. The molecule has 0 unspecified atom stereocenters. The molecule has 4 heteroatoms. The first-order valence-electron chi connectivity index (χ1n) is 8.61. The standard InChI is InChI=1S/C22H21NO3/c24-22(25)21-11-9-19(10-12-21)4-2-1-3-18-5-7-20(8-6-18)17-23-13-15-26-16-14-23/h2,4-12H,13-17H2,(H,24,25)/b4-2+. The third-order valence-electron chi connectivity index (χ3n) is 4.20. The molecular weight excluding hydrogens is 326 g/mol. The minimum atomic E-state index is -0.919. The number of carboxylic acids is 1. The number of morpholine rings is 1. The van der Waals surface area contributed by atoms with Gasteiger partial charge in [-0.3, -0.25) is 4.90 Å². The van der Waals surface area contributed by atoms with E-state index in [1.165, 1.54) is 5.56 Å². The molecule has 1 aliphatic rings. The first-order valence-corrected chi connectivity index (χ1v) is 8.61. The van der Waals surface area contributed by atoms with Crippen LogP contribution in [0.5, 0.6) is 0 Å². The normalized spacial score (nSPS) is 14.8. The summed E-state index contributed by atoms with van der Waals surface area (Å²) in [5.41, 5.74) is 3.46. The zero-order chi connectivity index (χ0) is 18.2. The Kier molecular flexibility index (Phi) is 6.21. The number of carbonyl (C=O) groups is 1. The lowest BCUT2D eigenvalue weighted by Gasteiger charge is -2.26. The van der Waals surface area contributed by atoms with E-state index in [0.717, 1.165) is 44.0 Å². The zero-order valence-electron chi connectivity index (χ0n) is 14.5. The number of ether oxygens (including phenoxy) is 1. The predicted octanol–water partition coefficient (Wildman–Crippen LogP) is 3.28. The maximum Gasteiger partial charge on any atom is 0.335 e. The van der Waals surface area contributed by atoms with E-state index < -0.39 is 5.97 Å². The van der Waals surface area contributed by atoms with Gasteiger partial charge in [-0.25, -0.2) is 4.79 Å². The van der Waals surface area contributed by atoms with Crippen molar-refractivity contribution >= 4 is 12.0 Å². The maximum absolute atomic E-state index is 10.8. The van der Waals surface area contributed by atoms with Gasteiger partial charge in [0.15, 0.2) is 0 Å². The van der Waals surface area contributed by atoms with Crippen molar-refractivity contribution in [3.63, 3.8) is 0 Å². The Morgan fingerprint density at radius 2 is 1.77 bits per heavy atom. The molecule has 0 atom stereocenters. The molecule has 1 N–H and O–H groups in total. The van der Waals surface area contributed by atoms with Crippen LogP contribution >= 0.6 is 0 Å². The Hall–Kier alpha value is -2.87. The van der Waals surface area contributed by atoms with Crippen LogP contribution in [0.4, 0.5) is 0 Å². The molecule has 1 aliphatic heterocycles. The minimum absolute atomic E-state index is 0.283. The van der Waals surface area contributed by atoms with Crippen LogP contribution in [-0.4, -0.2) is 42.3 Å². The van der Waals surface area contributed by atoms with E-state index in [1.807, 2.05) is 18.2 Å². The summed E-state index contributed by atoms with van der Waals surface area (Å²) in [6.07, 6.45) is 3.64. The molecule has 132 valence electrons. The molecule has 26 heavy (non-hydrogen) atoms. The van der Waals surface area contributed by atoms with Crippen LogP contribution in [0.1, 0.15) is 27.0 Å². The number of benzene rings is 2. The van der Waals surface area contributed by atoms with Crippen molar-refractivity contribution in [1.29, 1.82) is 0 Å². The smallest absolute Gasteiger partial charge is 0.335 e. The quantitative estimate of drug-likeness (QED) is 0.863. The summed E-state index contributed by atoms with van der Waals surface area (Å²) >= 11 is 0. The first-order chi connectivity index (χ1) is 12.7. The number of hydrogen-bond donors (Lipinski definition) is 1. The number of rotatable bonds is 4. The average Bonchev–Trinajstić information content (AvgIpc) is 2.68. The second-order valence-electron chi connectivity index (χ2n) is 6.12. The van der Waals surface area contributed by atoms with E-state index in [2.05, 4.69) is 28.9 Å². The summed E-state index contributed by atoms with van der Waals surface area (Å²) in [6, 6.07) is 15.0. The van der Waals surface area contributed by atoms with Gasteiger partial charge in [-0.15, -0.1) is 0 Å². The maximum atomic E-state index is 10.8. The monoisotopic (exact) mass is 347 g/mol. The van der Waals surface area contributed by atoms with Crippen LogP contribution in [0.2, 0.25) is 0 Å². The molecule has 1 heterocycles. The molecule has 0 spiro atoms. The lowest BCUT2D eigenvalue weighted by molar-refractivity contribution is 0.0342. The fourth-order valence-corrected chi connectivity index (χ4v) is 2.71. The molecule has 1 saturated heterocycles. The van der Waals surface area contributed by atoms with Gasteiger partial charge in [0.2, 0.25) is 0 Å². The first kappa shape index (κ1) is 17.9. The topological polar surface area (TPSA) is 49.8 Å². The molecule has 0 saturated carbocycles. The Morgan fingerprint density at radius 3 is 2.42 bits per heavy atom. The molecule has 0 radical (unpaired) electrons. The third-order valence-corrected chi connectivity index (χ3v) is 4.20. The summed E-state index contributed by atoms with van der Waals surface area (Å²) in [4.78, 5) is 13.2. The Labute approximate surface area is 153 Å². The van der Waals surface area contributed by atoms with Crippen molar-refractivity contribution in [1.82, 2.24) is 4.90 Å². The summed E-state index contributed by atoms with van der Waals surface area (Å²) in [5, 5.41) is 8.88. The van der Waals surface area contributed by atoms with Crippen LogP contribution in [0, 0.1) is 11.8 Å². The lowest BCUT2D eigenvalue weighted by Crippen LogP contribution is -2.35. The van der Waals surface area contributed by atoms with Gasteiger partial charge in [-0.1, -0.05) is 36.1 Å². The number of hydrogen-bond acceptors (Lipinski definition) is 3. The van der Waals surface area contributed by atoms with Crippen molar-refractivity contribution in [2.45, 2.75) is 6.54 Å². The van der Waals surface area contributed by atoms with E-state index >= 15 is 0 Å². The van der Waals surface area contributed by atoms with Gasteiger partial charge in [0, 0.05) is 25.2 Å². The van der Waals surface area contributed by atoms with Crippen molar-refractivity contribution in [2.75, 3.05) is 26.3 Å². The molecule has 0 amide bonds. The highest BCUT2D eigenvalue weighted by molar-refractivity contribution is 5.87. The molecule has 2 aromatic rings. The Morgan fingerprint density at radius 1 is 1.08 bits per heavy atom. The van der Waals surface area contributed by atoms with Crippen molar-refractivity contribution in [2.24, 2.45) is 0 Å².